The highest BCUT2D eigenvalue weighted by Crippen LogP contribution is 2.48. The molecule has 0 bridgehead atoms. The van der Waals surface area contributed by atoms with Gasteiger partial charge in [0, 0.05) is 40.4 Å². The molecule has 0 spiro atoms. The lowest BCUT2D eigenvalue weighted by atomic mass is 10.2. The summed E-state index contributed by atoms with van der Waals surface area (Å²) in [6.45, 7) is 9.40. The quantitative estimate of drug-likeness (QED) is 0.360. The van der Waals surface area contributed by atoms with E-state index in [9.17, 15) is 0 Å². The van der Waals surface area contributed by atoms with E-state index in [2.05, 4.69) is 32.4 Å². The minimum atomic E-state index is -0.927. The van der Waals surface area contributed by atoms with Crippen molar-refractivity contribution in [2.75, 3.05) is 46.8 Å². The summed E-state index contributed by atoms with van der Waals surface area (Å²) in [7, 11) is 2.40. The average Bonchev–Trinajstić information content (AvgIpc) is 2.90. The molecule has 150 valence electrons. The number of rotatable bonds is 13. The molecule has 0 aromatic carbocycles. The van der Waals surface area contributed by atoms with Crippen LogP contribution in [0.2, 0.25) is 0 Å². The fourth-order valence-corrected chi connectivity index (χ4v) is 5.30. The highest BCUT2D eigenvalue weighted by Gasteiger charge is 2.39. The van der Waals surface area contributed by atoms with Crippen molar-refractivity contribution in [2.24, 2.45) is 0 Å². The van der Waals surface area contributed by atoms with Gasteiger partial charge in [-0.25, -0.2) is 0 Å². The first-order valence-electron chi connectivity index (χ1n) is 10.3. The standard InChI is InChI=1S/C18H38NO5P/c1-14(2)19(15(3)4)25(12-8-9-20-6)24-18-16(5)23-13-17(18)22-11-10-21-7/h14-18H,8-13H2,1-7H3/t16-,17+,18-,25?/m1/s1/i5D,13T/t13-,16-,17+,18-,25?. The Labute approximate surface area is 158 Å². The van der Waals surface area contributed by atoms with Crippen molar-refractivity contribution in [3.63, 3.8) is 0 Å². The number of hydrogen-bond acceptors (Lipinski definition) is 6. The highest BCUT2D eigenvalue weighted by molar-refractivity contribution is 7.50. The van der Waals surface area contributed by atoms with Gasteiger partial charge in [0.2, 0.25) is 0 Å². The predicted octanol–water partition coefficient (Wildman–Crippen LogP) is 3.29. The zero-order valence-electron chi connectivity index (χ0n) is 18.6. The van der Waals surface area contributed by atoms with E-state index in [0.29, 0.717) is 31.9 Å². The second-order valence-corrected chi connectivity index (χ2v) is 8.52. The van der Waals surface area contributed by atoms with Crippen LogP contribution < -0.4 is 0 Å². The summed E-state index contributed by atoms with van der Waals surface area (Å²) in [5.41, 5.74) is 0. The van der Waals surface area contributed by atoms with E-state index in [4.69, 9.17) is 26.2 Å². The van der Waals surface area contributed by atoms with Gasteiger partial charge >= 0.3 is 0 Å². The number of nitrogens with zero attached hydrogens (tertiary/aromatic N) is 1. The van der Waals surface area contributed by atoms with Gasteiger partial charge in [-0.2, -0.15) is 0 Å². The van der Waals surface area contributed by atoms with Gasteiger partial charge < -0.3 is 23.5 Å². The van der Waals surface area contributed by atoms with Crippen LogP contribution in [0.25, 0.3) is 0 Å². The summed E-state index contributed by atoms with van der Waals surface area (Å²) in [4.78, 5) is 0. The van der Waals surface area contributed by atoms with Crippen LogP contribution in [0.3, 0.4) is 0 Å². The van der Waals surface area contributed by atoms with Crippen LogP contribution in [0.15, 0.2) is 0 Å². The molecule has 7 heteroatoms. The zero-order valence-corrected chi connectivity index (χ0v) is 17.5. The molecular formula is C18H38NO5P. The molecule has 0 aromatic heterocycles. The molecule has 1 heterocycles. The fourth-order valence-electron chi connectivity index (χ4n) is 2.89. The Morgan fingerprint density at radius 1 is 1.20 bits per heavy atom. The zero-order chi connectivity index (χ0) is 20.4. The molecule has 0 amide bonds. The first-order valence-corrected chi connectivity index (χ1v) is 10.5. The van der Waals surface area contributed by atoms with Gasteiger partial charge in [0.05, 0.1) is 27.3 Å². The van der Waals surface area contributed by atoms with Crippen molar-refractivity contribution in [3.05, 3.63) is 0 Å². The van der Waals surface area contributed by atoms with Crippen molar-refractivity contribution < 1.29 is 26.2 Å². The summed E-state index contributed by atoms with van der Waals surface area (Å²) >= 11 is 0. The van der Waals surface area contributed by atoms with E-state index in [0.717, 1.165) is 12.6 Å². The first-order chi connectivity index (χ1) is 12.9. The number of hydrogen-bond donors (Lipinski definition) is 0. The van der Waals surface area contributed by atoms with Crippen LogP contribution in [-0.2, 0) is 23.5 Å². The van der Waals surface area contributed by atoms with Crippen molar-refractivity contribution >= 4 is 8.30 Å². The third-order valence-corrected chi connectivity index (χ3v) is 6.56. The van der Waals surface area contributed by atoms with Crippen molar-refractivity contribution in [1.29, 1.82) is 0 Å². The molecule has 1 unspecified atom stereocenters. The van der Waals surface area contributed by atoms with Gasteiger partial charge in [-0.15, -0.1) is 0 Å². The van der Waals surface area contributed by atoms with Crippen LogP contribution in [-0.4, -0.2) is 81.9 Å². The fraction of sp³-hybridized carbons (Fsp3) is 1.00. The Hall–Kier alpha value is 0.190. The van der Waals surface area contributed by atoms with E-state index in [1.165, 1.54) is 0 Å². The van der Waals surface area contributed by atoms with Crippen molar-refractivity contribution in [3.8, 4) is 0 Å². The van der Waals surface area contributed by atoms with Crippen molar-refractivity contribution in [2.45, 2.75) is 71.4 Å². The minimum Gasteiger partial charge on any atom is -0.385 e. The van der Waals surface area contributed by atoms with Gasteiger partial charge in [-0.1, -0.05) is 0 Å². The molecule has 0 aromatic rings. The van der Waals surface area contributed by atoms with Crippen LogP contribution >= 0.6 is 8.30 Å². The normalized spacial score (nSPS) is 29.5. The molecule has 6 nitrogen and oxygen atoms in total. The molecule has 1 saturated heterocycles. The molecular weight excluding hydrogens is 341 g/mol. The average molecular weight is 382 g/mol. The predicted molar refractivity (Wildman–Crippen MR) is 102 cm³/mol. The maximum Gasteiger partial charge on any atom is 0.118 e. The maximum atomic E-state index is 8.20. The lowest BCUT2D eigenvalue weighted by Crippen LogP contribution is -2.39. The van der Waals surface area contributed by atoms with Gasteiger partial charge in [0.1, 0.15) is 20.5 Å². The van der Waals surface area contributed by atoms with Crippen molar-refractivity contribution in [1.82, 2.24) is 4.67 Å². The van der Waals surface area contributed by atoms with Crippen LogP contribution in [0.5, 0.6) is 0 Å². The lowest BCUT2D eigenvalue weighted by molar-refractivity contribution is -0.0232. The first kappa shape index (κ1) is 19.9. The van der Waals surface area contributed by atoms with E-state index in [1.54, 1.807) is 14.2 Å². The summed E-state index contributed by atoms with van der Waals surface area (Å²) in [6.07, 6.45) is 0.388. The molecule has 1 rings (SSSR count). The van der Waals surface area contributed by atoms with Gasteiger partial charge in [0.25, 0.3) is 0 Å². The summed E-state index contributed by atoms with van der Waals surface area (Å²) in [5.74, 6) is 0. The van der Waals surface area contributed by atoms with E-state index in [1.807, 2.05) is 0 Å². The van der Waals surface area contributed by atoms with Gasteiger partial charge in [-0.3, -0.25) is 4.67 Å². The third kappa shape index (κ3) is 7.76. The van der Waals surface area contributed by atoms with Gasteiger partial charge in [0.15, 0.2) is 0 Å². The summed E-state index contributed by atoms with van der Waals surface area (Å²) < 4.78 is 46.7. The summed E-state index contributed by atoms with van der Waals surface area (Å²) in [5, 5.41) is 0. The minimum absolute atomic E-state index is 0.0504. The SMILES string of the molecule is [2H]C[C@H]1O[C@H]([3H])[C@H](OCCOC)[C@@H]1OP(CCCOC)N(C(C)C)C(C)C. The number of methoxy groups -OCH3 is 2. The molecule has 0 N–H and O–H groups in total. The third-order valence-electron chi connectivity index (χ3n) is 3.93. The Bertz CT molecular complexity index is 387. The second-order valence-electron chi connectivity index (χ2n) is 6.70. The number of ether oxygens (including phenoxy) is 4. The van der Waals surface area contributed by atoms with Gasteiger partial charge in [-0.05, 0) is 41.0 Å². The molecule has 1 aliphatic heterocycles. The summed E-state index contributed by atoms with van der Waals surface area (Å²) in [6, 6.07) is 0.658. The lowest BCUT2D eigenvalue weighted by Gasteiger charge is -2.39. The van der Waals surface area contributed by atoms with Crippen LogP contribution in [0.4, 0.5) is 0 Å². The maximum absolute atomic E-state index is 8.20. The molecule has 0 saturated carbocycles. The Morgan fingerprint density at radius 2 is 1.88 bits per heavy atom. The van der Waals surface area contributed by atoms with Crippen LogP contribution in [0.1, 0.15) is 43.8 Å². The largest absolute Gasteiger partial charge is 0.385 e. The topological polar surface area (TPSA) is 49.4 Å². The Kier molecular flexibility index (Phi) is 10.0. The van der Waals surface area contributed by atoms with Crippen LogP contribution in [0, 0.1) is 0 Å². The molecule has 1 aliphatic rings. The monoisotopic (exact) mass is 382 g/mol. The molecule has 5 atom stereocenters. The molecule has 1 fully saturated rings. The van der Waals surface area contributed by atoms with E-state index < -0.39 is 33.2 Å². The smallest absolute Gasteiger partial charge is 0.118 e. The molecule has 25 heavy (non-hydrogen) atoms. The molecule has 0 aliphatic carbocycles. The molecule has 0 radical (unpaired) electrons. The second kappa shape index (κ2) is 12.6. The Morgan fingerprint density at radius 3 is 2.44 bits per heavy atom. The Balaban J connectivity index is 2.94. The van der Waals surface area contributed by atoms with E-state index in [-0.39, 0.29) is 6.90 Å². The highest BCUT2D eigenvalue weighted by atomic mass is 31.2. The van der Waals surface area contributed by atoms with E-state index >= 15 is 0 Å².